The zero-order valence-corrected chi connectivity index (χ0v) is 12.8. The smallest absolute Gasteiger partial charge is 0.193 e. The van der Waals surface area contributed by atoms with Gasteiger partial charge in [0.2, 0.25) is 0 Å². The van der Waals surface area contributed by atoms with Gasteiger partial charge in [-0.25, -0.2) is 0 Å². The Morgan fingerprint density at radius 3 is 2.14 bits per heavy atom. The minimum absolute atomic E-state index is 0.00292. The lowest BCUT2D eigenvalue weighted by atomic mass is 10.0. The van der Waals surface area contributed by atoms with Crippen molar-refractivity contribution in [3.05, 3.63) is 59.2 Å². The average Bonchev–Trinajstić information content (AvgIpc) is 2.46. The van der Waals surface area contributed by atoms with E-state index in [-0.39, 0.29) is 11.9 Å². The van der Waals surface area contributed by atoms with E-state index in [1.807, 2.05) is 45.0 Å². The second-order valence-corrected chi connectivity index (χ2v) is 5.20. The van der Waals surface area contributed by atoms with Gasteiger partial charge in [-0.1, -0.05) is 0 Å². The van der Waals surface area contributed by atoms with E-state index in [2.05, 4.69) is 0 Å². The van der Waals surface area contributed by atoms with E-state index in [1.165, 1.54) is 0 Å². The lowest BCUT2D eigenvalue weighted by molar-refractivity contribution is 0.103. The molecule has 110 valence electrons. The van der Waals surface area contributed by atoms with Crippen LogP contribution in [0.3, 0.4) is 0 Å². The first-order valence-electron chi connectivity index (χ1n) is 6.97. The molecule has 2 aromatic carbocycles. The predicted octanol–water partition coefficient (Wildman–Crippen LogP) is 4.02. The normalized spacial score (nSPS) is 10.5. The highest BCUT2D eigenvalue weighted by Gasteiger charge is 2.11. The van der Waals surface area contributed by atoms with Gasteiger partial charge in [0.1, 0.15) is 11.5 Å². The van der Waals surface area contributed by atoms with Gasteiger partial charge in [-0.2, -0.15) is 0 Å². The van der Waals surface area contributed by atoms with E-state index in [0.29, 0.717) is 11.1 Å². The van der Waals surface area contributed by atoms with Crippen molar-refractivity contribution in [2.24, 2.45) is 0 Å². The first-order valence-corrected chi connectivity index (χ1v) is 6.97. The van der Waals surface area contributed by atoms with Gasteiger partial charge in [0, 0.05) is 11.1 Å². The monoisotopic (exact) mass is 284 g/mol. The van der Waals surface area contributed by atoms with E-state index < -0.39 is 0 Å². The third kappa shape index (κ3) is 3.63. The number of hydrogen-bond donors (Lipinski definition) is 0. The van der Waals surface area contributed by atoms with Crippen molar-refractivity contribution >= 4 is 5.78 Å². The molecule has 0 aliphatic carbocycles. The van der Waals surface area contributed by atoms with Crippen molar-refractivity contribution in [2.75, 3.05) is 7.11 Å². The van der Waals surface area contributed by atoms with Gasteiger partial charge < -0.3 is 9.47 Å². The highest BCUT2D eigenvalue weighted by molar-refractivity contribution is 6.09. The van der Waals surface area contributed by atoms with Crippen LogP contribution in [-0.4, -0.2) is 19.0 Å². The van der Waals surface area contributed by atoms with Crippen LogP contribution in [0, 0.1) is 6.92 Å². The number of carbonyl (C=O) groups excluding carboxylic acids is 1. The van der Waals surface area contributed by atoms with Crippen LogP contribution in [0.1, 0.15) is 35.3 Å². The lowest BCUT2D eigenvalue weighted by Gasteiger charge is -2.10. The van der Waals surface area contributed by atoms with Crippen LogP contribution in [0.5, 0.6) is 11.5 Å². The van der Waals surface area contributed by atoms with Gasteiger partial charge in [0.15, 0.2) is 5.78 Å². The molecule has 0 spiro atoms. The molecule has 0 amide bonds. The largest absolute Gasteiger partial charge is 0.496 e. The van der Waals surface area contributed by atoms with Gasteiger partial charge >= 0.3 is 0 Å². The van der Waals surface area contributed by atoms with Gasteiger partial charge in [0.25, 0.3) is 0 Å². The van der Waals surface area contributed by atoms with Crippen molar-refractivity contribution in [1.82, 2.24) is 0 Å². The van der Waals surface area contributed by atoms with E-state index in [1.54, 1.807) is 25.3 Å². The minimum atomic E-state index is -0.00292. The SMILES string of the molecule is COc1ccc(C(=O)c2ccc(OC(C)C)cc2)cc1C. The fourth-order valence-corrected chi connectivity index (χ4v) is 2.14. The van der Waals surface area contributed by atoms with Crippen molar-refractivity contribution in [3.8, 4) is 11.5 Å². The van der Waals surface area contributed by atoms with Gasteiger partial charge in [-0.05, 0) is 68.8 Å². The summed E-state index contributed by atoms with van der Waals surface area (Å²) in [5.41, 5.74) is 2.25. The zero-order chi connectivity index (χ0) is 15.4. The molecule has 0 saturated carbocycles. The summed E-state index contributed by atoms with van der Waals surface area (Å²) in [4.78, 5) is 12.5. The summed E-state index contributed by atoms with van der Waals surface area (Å²) in [5.74, 6) is 1.55. The Bertz CT molecular complexity index is 627. The summed E-state index contributed by atoms with van der Waals surface area (Å²) in [7, 11) is 1.62. The molecule has 0 N–H and O–H groups in total. The maximum absolute atomic E-state index is 12.5. The summed E-state index contributed by atoms with van der Waals surface area (Å²) in [6, 6.07) is 12.7. The number of carbonyl (C=O) groups is 1. The molecule has 2 aromatic rings. The van der Waals surface area contributed by atoms with E-state index >= 15 is 0 Å². The number of ketones is 1. The van der Waals surface area contributed by atoms with E-state index in [9.17, 15) is 4.79 Å². The molecular weight excluding hydrogens is 264 g/mol. The Morgan fingerprint density at radius 1 is 1.00 bits per heavy atom. The predicted molar refractivity (Wildman–Crippen MR) is 83.4 cm³/mol. The molecule has 21 heavy (non-hydrogen) atoms. The van der Waals surface area contributed by atoms with Gasteiger partial charge in [-0.3, -0.25) is 4.79 Å². The van der Waals surface area contributed by atoms with E-state index in [4.69, 9.17) is 9.47 Å². The molecule has 0 fully saturated rings. The molecule has 0 aromatic heterocycles. The molecule has 0 unspecified atom stereocenters. The third-order valence-corrected chi connectivity index (χ3v) is 3.15. The molecule has 0 aliphatic heterocycles. The van der Waals surface area contributed by atoms with Crippen LogP contribution < -0.4 is 9.47 Å². The number of methoxy groups -OCH3 is 1. The fraction of sp³-hybridized carbons (Fsp3) is 0.278. The molecule has 0 heterocycles. The zero-order valence-electron chi connectivity index (χ0n) is 12.8. The maximum atomic E-state index is 12.5. The molecule has 3 heteroatoms. The minimum Gasteiger partial charge on any atom is -0.496 e. The van der Waals surface area contributed by atoms with Gasteiger partial charge in [0.05, 0.1) is 13.2 Å². The maximum Gasteiger partial charge on any atom is 0.193 e. The van der Waals surface area contributed by atoms with Crippen LogP contribution in [-0.2, 0) is 0 Å². The molecule has 0 saturated heterocycles. The summed E-state index contributed by atoms with van der Waals surface area (Å²) in [6.07, 6.45) is 0.121. The molecular formula is C18H20O3. The first kappa shape index (κ1) is 15.1. The van der Waals surface area contributed by atoms with Crippen molar-refractivity contribution < 1.29 is 14.3 Å². The summed E-state index contributed by atoms with van der Waals surface area (Å²) in [5, 5.41) is 0. The highest BCUT2D eigenvalue weighted by atomic mass is 16.5. The van der Waals surface area contributed by atoms with Crippen molar-refractivity contribution in [1.29, 1.82) is 0 Å². The molecule has 0 bridgehead atoms. The third-order valence-electron chi connectivity index (χ3n) is 3.15. The molecule has 3 nitrogen and oxygen atoms in total. The molecule has 0 radical (unpaired) electrons. The van der Waals surface area contributed by atoms with Crippen LogP contribution in [0.15, 0.2) is 42.5 Å². The van der Waals surface area contributed by atoms with Crippen LogP contribution in [0.4, 0.5) is 0 Å². The van der Waals surface area contributed by atoms with Crippen LogP contribution in [0.25, 0.3) is 0 Å². The van der Waals surface area contributed by atoms with Gasteiger partial charge in [-0.15, -0.1) is 0 Å². The standard InChI is InChI=1S/C18H20O3/c1-12(2)21-16-8-5-14(6-9-16)18(19)15-7-10-17(20-4)13(3)11-15/h5-12H,1-4H3. The summed E-state index contributed by atoms with van der Waals surface area (Å²) in [6.45, 7) is 5.87. The average molecular weight is 284 g/mol. The number of hydrogen-bond acceptors (Lipinski definition) is 3. The topological polar surface area (TPSA) is 35.5 Å². The lowest BCUT2D eigenvalue weighted by Crippen LogP contribution is -2.06. The number of rotatable bonds is 5. The number of benzene rings is 2. The van der Waals surface area contributed by atoms with Crippen LogP contribution >= 0.6 is 0 Å². The number of aryl methyl sites for hydroxylation is 1. The van der Waals surface area contributed by atoms with Crippen LogP contribution in [0.2, 0.25) is 0 Å². The summed E-state index contributed by atoms with van der Waals surface area (Å²) < 4.78 is 10.8. The van der Waals surface area contributed by atoms with Crippen molar-refractivity contribution in [2.45, 2.75) is 26.9 Å². The molecule has 0 aliphatic rings. The Kier molecular flexibility index (Phi) is 4.63. The molecule has 2 rings (SSSR count). The Hall–Kier alpha value is -2.29. The van der Waals surface area contributed by atoms with E-state index in [0.717, 1.165) is 17.1 Å². The Labute approximate surface area is 125 Å². The summed E-state index contributed by atoms with van der Waals surface area (Å²) >= 11 is 0. The second-order valence-electron chi connectivity index (χ2n) is 5.20. The fourth-order valence-electron chi connectivity index (χ4n) is 2.14. The Balaban J connectivity index is 2.21. The van der Waals surface area contributed by atoms with Crippen molar-refractivity contribution in [3.63, 3.8) is 0 Å². The number of ether oxygens (including phenoxy) is 2. The highest BCUT2D eigenvalue weighted by Crippen LogP contribution is 2.21. The second kappa shape index (κ2) is 6.44. The molecule has 0 atom stereocenters. The first-order chi connectivity index (χ1) is 10.0. The Morgan fingerprint density at radius 2 is 1.62 bits per heavy atom. The quantitative estimate of drug-likeness (QED) is 0.778.